The van der Waals surface area contributed by atoms with Crippen molar-refractivity contribution in [3.05, 3.63) is 35.4 Å². The molecule has 102 valence electrons. The molecule has 2 rings (SSSR count). The minimum Gasteiger partial charge on any atom is -0.321 e. The summed E-state index contributed by atoms with van der Waals surface area (Å²) in [6.45, 7) is 3.18. The Morgan fingerprint density at radius 2 is 1.89 bits per heavy atom. The summed E-state index contributed by atoms with van der Waals surface area (Å²) in [5.74, 6) is -0.257. The summed E-state index contributed by atoms with van der Waals surface area (Å²) >= 11 is 0. The zero-order valence-electron chi connectivity index (χ0n) is 10.9. The molecule has 0 bridgehead atoms. The predicted octanol–water partition coefficient (Wildman–Crippen LogP) is 0.948. The summed E-state index contributed by atoms with van der Waals surface area (Å²) in [6, 6.07) is 6.40. The second-order valence-corrected chi connectivity index (χ2v) is 6.54. The molecule has 0 atom stereocenters. The number of nitrogens with one attached hydrogen (secondary N) is 2. The highest BCUT2D eigenvalue weighted by Crippen LogP contribution is 2.21. The van der Waals surface area contributed by atoms with E-state index in [1.165, 1.54) is 6.07 Å². The Labute approximate surface area is 112 Å². The molecule has 1 aromatic carbocycles. The minimum atomic E-state index is -3.36. The van der Waals surface area contributed by atoms with Crippen molar-refractivity contribution < 1.29 is 13.2 Å². The molecule has 2 N–H and O–H groups in total. The Hall–Kier alpha value is -1.66. The topological polar surface area (TPSA) is 75.3 Å². The molecule has 0 spiro atoms. The van der Waals surface area contributed by atoms with Crippen LogP contribution in [0.5, 0.6) is 0 Å². The Morgan fingerprint density at radius 1 is 1.26 bits per heavy atom. The number of para-hydroxylation sites is 1. The van der Waals surface area contributed by atoms with Gasteiger partial charge in [0.05, 0.1) is 10.6 Å². The highest BCUT2D eigenvalue weighted by Gasteiger charge is 2.18. The van der Waals surface area contributed by atoms with Gasteiger partial charge in [0.25, 0.3) is 5.91 Å². The molecule has 1 saturated heterocycles. The van der Waals surface area contributed by atoms with Crippen LogP contribution in [0.25, 0.3) is 0 Å². The average Bonchev–Trinajstić information content (AvgIpc) is 2.25. The highest BCUT2D eigenvalue weighted by molar-refractivity contribution is 7.90. The smallest absolute Gasteiger partial charge is 0.251 e. The lowest BCUT2D eigenvalue weighted by atomic mass is 10.0. The van der Waals surface area contributed by atoms with Crippen LogP contribution >= 0.6 is 0 Å². The fourth-order valence-corrected chi connectivity index (χ4v) is 2.63. The van der Waals surface area contributed by atoms with E-state index in [9.17, 15) is 13.2 Å². The van der Waals surface area contributed by atoms with E-state index in [-0.39, 0.29) is 10.8 Å². The number of hydrogen-bond donors (Lipinski definition) is 2. The van der Waals surface area contributed by atoms with Gasteiger partial charge in [-0.05, 0) is 24.6 Å². The summed E-state index contributed by atoms with van der Waals surface area (Å²) in [5, 5.41) is 5.72. The van der Waals surface area contributed by atoms with Gasteiger partial charge in [0, 0.05) is 24.9 Å². The number of anilines is 1. The van der Waals surface area contributed by atoms with Gasteiger partial charge >= 0.3 is 0 Å². The second kappa shape index (κ2) is 5.14. The molecule has 1 aromatic rings. The number of rotatable bonds is 3. The second-order valence-electron chi connectivity index (χ2n) is 4.55. The van der Waals surface area contributed by atoms with E-state index in [0.29, 0.717) is 24.4 Å². The van der Waals surface area contributed by atoms with Crippen molar-refractivity contribution in [1.82, 2.24) is 5.32 Å². The van der Waals surface area contributed by atoms with E-state index in [1.54, 1.807) is 25.1 Å². The first kappa shape index (κ1) is 13.8. The van der Waals surface area contributed by atoms with Crippen molar-refractivity contribution >= 4 is 21.4 Å². The maximum atomic E-state index is 12.0. The van der Waals surface area contributed by atoms with Crippen LogP contribution in [-0.4, -0.2) is 33.7 Å². The lowest BCUT2D eigenvalue weighted by Gasteiger charge is -2.21. The molecule has 0 radical (unpaired) electrons. The molecule has 1 fully saturated rings. The van der Waals surface area contributed by atoms with Crippen molar-refractivity contribution in [3.63, 3.8) is 0 Å². The number of amides is 1. The highest BCUT2D eigenvalue weighted by atomic mass is 32.2. The lowest BCUT2D eigenvalue weighted by molar-refractivity contribution is -0.112. The van der Waals surface area contributed by atoms with Crippen molar-refractivity contribution in [1.29, 1.82) is 0 Å². The zero-order chi connectivity index (χ0) is 14.0. The van der Waals surface area contributed by atoms with E-state index in [2.05, 4.69) is 10.6 Å². The number of carbonyl (C=O) groups excluding carboxylic acids is 1. The van der Waals surface area contributed by atoms with Crippen LogP contribution in [0.15, 0.2) is 40.3 Å². The van der Waals surface area contributed by atoms with Gasteiger partial charge in [-0.15, -0.1) is 0 Å². The summed E-state index contributed by atoms with van der Waals surface area (Å²) in [7, 11) is -3.36. The van der Waals surface area contributed by atoms with E-state index in [0.717, 1.165) is 11.8 Å². The molecule has 19 heavy (non-hydrogen) atoms. The maximum absolute atomic E-state index is 12.0. The molecular weight excluding hydrogens is 264 g/mol. The van der Waals surface area contributed by atoms with Crippen LogP contribution in [0.2, 0.25) is 0 Å². The van der Waals surface area contributed by atoms with Gasteiger partial charge in [-0.2, -0.15) is 0 Å². The summed E-state index contributed by atoms with van der Waals surface area (Å²) in [6.07, 6.45) is 1.12. The number of benzene rings is 1. The lowest BCUT2D eigenvalue weighted by Crippen LogP contribution is -2.36. The Kier molecular flexibility index (Phi) is 3.73. The van der Waals surface area contributed by atoms with E-state index >= 15 is 0 Å². The average molecular weight is 280 g/mol. The van der Waals surface area contributed by atoms with Gasteiger partial charge in [-0.25, -0.2) is 8.42 Å². The normalized spacial score (nSPS) is 14.7. The standard InChI is InChI=1S/C13H16N2O3S/c1-9(10-7-14-8-10)13(16)15-11-5-3-4-6-12(11)19(2,17)18/h3-6,14H,7-8H2,1-2H3,(H,15,16). The van der Waals surface area contributed by atoms with E-state index in [1.807, 2.05) is 0 Å². The predicted molar refractivity (Wildman–Crippen MR) is 73.8 cm³/mol. The monoisotopic (exact) mass is 280 g/mol. The summed E-state index contributed by atoms with van der Waals surface area (Å²) in [4.78, 5) is 12.2. The molecule has 0 unspecified atom stereocenters. The molecule has 5 nitrogen and oxygen atoms in total. The van der Waals surface area contributed by atoms with Gasteiger partial charge in [0.2, 0.25) is 0 Å². The molecule has 1 amide bonds. The Morgan fingerprint density at radius 3 is 2.42 bits per heavy atom. The van der Waals surface area contributed by atoms with E-state index in [4.69, 9.17) is 0 Å². The van der Waals surface area contributed by atoms with Gasteiger partial charge < -0.3 is 10.6 Å². The number of carbonyl (C=O) groups is 1. The fourth-order valence-electron chi connectivity index (χ4n) is 1.79. The Bertz CT molecular complexity index is 642. The first-order chi connectivity index (χ1) is 8.89. The molecule has 1 aliphatic rings. The van der Waals surface area contributed by atoms with Crippen molar-refractivity contribution in [2.24, 2.45) is 0 Å². The summed E-state index contributed by atoms with van der Waals surface area (Å²) in [5.41, 5.74) is 2.01. The number of hydrogen-bond acceptors (Lipinski definition) is 4. The van der Waals surface area contributed by atoms with Crippen LogP contribution in [0.4, 0.5) is 5.69 Å². The van der Waals surface area contributed by atoms with Crippen molar-refractivity contribution in [2.45, 2.75) is 11.8 Å². The van der Waals surface area contributed by atoms with Crippen LogP contribution < -0.4 is 10.6 Å². The SMILES string of the molecule is CC(C(=O)Nc1ccccc1S(C)(=O)=O)=C1CNC1. The van der Waals surface area contributed by atoms with Crippen LogP contribution in [0, 0.1) is 0 Å². The maximum Gasteiger partial charge on any atom is 0.251 e. The van der Waals surface area contributed by atoms with Gasteiger partial charge in [-0.3, -0.25) is 4.79 Å². The molecule has 6 heteroatoms. The molecule has 0 saturated carbocycles. The first-order valence-electron chi connectivity index (χ1n) is 5.89. The van der Waals surface area contributed by atoms with Gasteiger partial charge in [0.1, 0.15) is 0 Å². The Balaban J connectivity index is 2.27. The summed E-state index contributed by atoms with van der Waals surface area (Å²) < 4.78 is 23.3. The third-order valence-electron chi connectivity index (χ3n) is 3.08. The van der Waals surface area contributed by atoms with Crippen molar-refractivity contribution in [3.8, 4) is 0 Å². The largest absolute Gasteiger partial charge is 0.321 e. The molecule has 1 aliphatic heterocycles. The van der Waals surface area contributed by atoms with E-state index < -0.39 is 9.84 Å². The molecule has 1 heterocycles. The molecule has 0 aromatic heterocycles. The molecular formula is C13H16N2O3S. The zero-order valence-corrected chi connectivity index (χ0v) is 11.7. The molecule has 0 aliphatic carbocycles. The minimum absolute atomic E-state index is 0.132. The van der Waals surface area contributed by atoms with Crippen LogP contribution in [0.1, 0.15) is 6.92 Å². The third-order valence-corrected chi connectivity index (χ3v) is 4.24. The van der Waals surface area contributed by atoms with Crippen molar-refractivity contribution in [2.75, 3.05) is 24.7 Å². The quantitative estimate of drug-likeness (QED) is 0.808. The third kappa shape index (κ3) is 3.02. The first-order valence-corrected chi connectivity index (χ1v) is 7.78. The van der Waals surface area contributed by atoms with Gasteiger partial charge in [-0.1, -0.05) is 12.1 Å². The van der Waals surface area contributed by atoms with Crippen LogP contribution in [-0.2, 0) is 14.6 Å². The van der Waals surface area contributed by atoms with Crippen LogP contribution in [0.3, 0.4) is 0 Å². The fraction of sp³-hybridized carbons (Fsp3) is 0.308. The van der Waals surface area contributed by atoms with Gasteiger partial charge in [0.15, 0.2) is 9.84 Å². The number of sulfone groups is 1.